The summed E-state index contributed by atoms with van der Waals surface area (Å²) in [6, 6.07) is 11.2. The lowest BCUT2D eigenvalue weighted by Gasteiger charge is -2.16. The molecule has 7 nitrogen and oxygen atoms in total. The minimum Gasteiger partial charge on any atom is -0.495 e. The first-order valence-corrected chi connectivity index (χ1v) is 8.94. The van der Waals surface area contributed by atoms with Crippen molar-refractivity contribution >= 4 is 10.0 Å². The molecule has 0 heterocycles. The first-order chi connectivity index (χ1) is 11.9. The fraction of sp³-hybridized carbons (Fsp3) is 0.294. The lowest BCUT2D eigenvalue weighted by atomic mass is 10.1. The van der Waals surface area contributed by atoms with Gasteiger partial charge in [-0.15, -0.1) is 0 Å². The molecule has 0 aliphatic rings. The number of para-hydroxylation sites is 1. The quantitative estimate of drug-likeness (QED) is 0.738. The molecule has 8 heteroatoms. The van der Waals surface area contributed by atoms with Crippen LogP contribution in [0.25, 0.3) is 0 Å². The van der Waals surface area contributed by atoms with Gasteiger partial charge >= 0.3 is 0 Å². The molecule has 2 aromatic carbocycles. The molecular formula is C17H21NO6S. The number of sulfonamides is 1. The van der Waals surface area contributed by atoms with Crippen molar-refractivity contribution in [1.29, 1.82) is 0 Å². The Morgan fingerprint density at radius 1 is 0.960 bits per heavy atom. The van der Waals surface area contributed by atoms with Gasteiger partial charge in [0.1, 0.15) is 10.6 Å². The number of methoxy groups -OCH3 is 3. The van der Waals surface area contributed by atoms with Gasteiger partial charge in [-0.2, -0.15) is 0 Å². The monoisotopic (exact) mass is 367 g/mol. The normalized spacial score (nSPS) is 12.5. The van der Waals surface area contributed by atoms with Crippen molar-refractivity contribution < 1.29 is 27.7 Å². The van der Waals surface area contributed by atoms with Crippen LogP contribution < -0.4 is 18.9 Å². The van der Waals surface area contributed by atoms with Gasteiger partial charge in [-0.1, -0.05) is 18.2 Å². The van der Waals surface area contributed by atoms with Gasteiger partial charge < -0.3 is 19.3 Å². The van der Waals surface area contributed by atoms with Gasteiger partial charge in [0.25, 0.3) is 0 Å². The van der Waals surface area contributed by atoms with E-state index in [2.05, 4.69) is 4.72 Å². The smallest absolute Gasteiger partial charge is 0.244 e. The Balaban J connectivity index is 2.15. The van der Waals surface area contributed by atoms with Crippen molar-refractivity contribution in [2.75, 3.05) is 27.9 Å². The molecule has 0 aliphatic heterocycles. The van der Waals surface area contributed by atoms with E-state index in [9.17, 15) is 13.5 Å². The Labute approximate surface area is 147 Å². The molecule has 0 saturated heterocycles. The molecule has 2 rings (SSSR count). The molecule has 0 aromatic heterocycles. The molecule has 0 spiro atoms. The molecular weight excluding hydrogens is 346 g/mol. The van der Waals surface area contributed by atoms with Gasteiger partial charge in [0, 0.05) is 6.54 Å². The summed E-state index contributed by atoms with van der Waals surface area (Å²) in [4.78, 5) is 0.0111. The summed E-state index contributed by atoms with van der Waals surface area (Å²) in [6.45, 7) is -0.199. The molecule has 0 saturated carbocycles. The van der Waals surface area contributed by atoms with E-state index in [0.29, 0.717) is 17.1 Å². The zero-order valence-corrected chi connectivity index (χ0v) is 15.0. The highest BCUT2D eigenvalue weighted by atomic mass is 32.2. The molecule has 1 unspecified atom stereocenters. The number of aliphatic hydroxyl groups excluding tert-OH is 1. The van der Waals surface area contributed by atoms with Crippen molar-refractivity contribution in [3.63, 3.8) is 0 Å². The minimum absolute atomic E-state index is 0.0111. The van der Waals surface area contributed by atoms with Crippen molar-refractivity contribution in [3.05, 3.63) is 48.0 Å². The second-order valence-corrected chi connectivity index (χ2v) is 6.87. The largest absolute Gasteiger partial charge is 0.495 e. The summed E-state index contributed by atoms with van der Waals surface area (Å²) in [5, 5.41) is 10.3. The molecule has 0 radical (unpaired) electrons. The maximum absolute atomic E-state index is 12.4. The van der Waals surface area contributed by atoms with Gasteiger partial charge in [-0.3, -0.25) is 0 Å². The van der Waals surface area contributed by atoms with Crippen LogP contribution in [0.2, 0.25) is 0 Å². The SMILES string of the molecule is COc1ccc(C(O)CNS(=O)(=O)c2ccccc2OC)cc1OC. The average molecular weight is 367 g/mol. The molecule has 0 fully saturated rings. The number of aliphatic hydroxyl groups is 1. The Hall–Kier alpha value is -2.29. The maximum Gasteiger partial charge on any atom is 0.244 e. The average Bonchev–Trinajstić information content (AvgIpc) is 2.65. The fourth-order valence-corrected chi connectivity index (χ4v) is 3.49. The van der Waals surface area contributed by atoms with Crippen LogP contribution in [0.3, 0.4) is 0 Å². The molecule has 0 aliphatic carbocycles. The van der Waals surface area contributed by atoms with E-state index >= 15 is 0 Å². The van der Waals surface area contributed by atoms with Crippen molar-refractivity contribution in [1.82, 2.24) is 4.72 Å². The van der Waals surface area contributed by atoms with Crippen LogP contribution in [0.1, 0.15) is 11.7 Å². The van der Waals surface area contributed by atoms with Crippen molar-refractivity contribution in [3.8, 4) is 17.2 Å². The van der Waals surface area contributed by atoms with Gasteiger partial charge in [0.05, 0.1) is 27.4 Å². The van der Waals surface area contributed by atoms with Gasteiger partial charge in [0.15, 0.2) is 11.5 Å². The van der Waals surface area contributed by atoms with E-state index in [-0.39, 0.29) is 17.2 Å². The van der Waals surface area contributed by atoms with E-state index in [0.717, 1.165) is 0 Å². The molecule has 25 heavy (non-hydrogen) atoms. The Bertz CT molecular complexity index is 822. The van der Waals surface area contributed by atoms with Gasteiger partial charge in [0.2, 0.25) is 10.0 Å². The predicted molar refractivity (Wildman–Crippen MR) is 92.7 cm³/mol. The summed E-state index contributed by atoms with van der Waals surface area (Å²) in [5.74, 6) is 1.20. The highest BCUT2D eigenvalue weighted by Crippen LogP contribution is 2.30. The predicted octanol–water partition coefficient (Wildman–Crippen LogP) is 1.72. The molecule has 136 valence electrons. The van der Waals surface area contributed by atoms with Crippen LogP contribution in [0.4, 0.5) is 0 Å². The van der Waals surface area contributed by atoms with Crippen LogP contribution in [-0.2, 0) is 10.0 Å². The second-order valence-electron chi connectivity index (χ2n) is 5.13. The Morgan fingerprint density at radius 2 is 1.60 bits per heavy atom. The Kier molecular flexibility index (Phi) is 6.24. The summed E-state index contributed by atoms with van der Waals surface area (Å²) < 4.78 is 42.6. The number of hydrogen-bond donors (Lipinski definition) is 2. The minimum atomic E-state index is -3.83. The van der Waals surface area contributed by atoms with E-state index in [1.165, 1.54) is 27.4 Å². The molecule has 1 atom stereocenters. The molecule has 2 aromatic rings. The van der Waals surface area contributed by atoms with E-state index in [1.807, 2.05) is 0 Å². The zero-order valence-electron chi connectivity index (χ0n) is 14.2. The third-order valence-corrected chi connectivity index (χ3v) is 5.08. The molecule has 0 amide bonds. The molecule has 2 N–H and O–H groups in total. The van der Waals surface area contributed by atoms with Crippen LogP contribution >= 0.6 is 0 Å². The first-order valence-electron chi connectivity index (χ1n) is 7.45. The van der Waals surface area contributed by atoms with Gasteiger partial charge in [-0.25, -0.2) is 13.1 Å². The van der Waals surface area contributed by atoms with E-state index < -0.39 is 16.1 Å². The summed E-state index contributed by atoms with van der Waals surface area (Å²) in [7, 11) is 0.564. The number of hydrogen-bond acceptors (Lipinski definition) is 6. The van der Waals surface area contributed by atoms with E-state index in [1.54, 1.807) is 36.4 Å². The second kappa shape index (κ2) is 8.19. The topological polar surface area (TPSA) is 94.1 Å². The number of nitrogens with one attached hydrogen (secondary N) is 1. The van der Waals surface area contributed by atoms with Crippen LogP contribution in [0, 0.1) is 0 Å². The van der Waals surface area contributed by atoms with Crippen LogP contribution in [0.15, 0.2) is 47.4 Å². The fourth-order valence-electron chi connectivity index (χ4n) is 2.29. The first kappa shape index (κ1) is 19.0. The zero-order chi connectivity index (χ0) is 18.4. The third-order valence-electron chi connectivity index (χ3n) is 3.62. The maximum atomic E-state index is 12.4. The number of benzene rings is 2. The van der Waals surface area contributed by atoms with Gasteiger partial charge in [-0.05, 0) is 29.8 Å². The number of rotatable bonds is 8. The summed E-state index contributed by atoms with van der Waals surface area (Å²) in [5.41, 5.74) is 0.500. The standard InChI is InChI=1S/C17H21NO6S/c1-22-14-9-8-12(10-16(14)24-3)13(19)11-18-25(20,21)17-7-5-4-6-15(17)23-2/h4-10,13,18-19H,11H2,1-3H3. The molecule has 0 bridgehead atoms. The Morgan fingerprint density at radius 3 is 2.24 bits per heavy atom. The lowest BCUT2D eigenvalue weighted by Crippen LogP contribution is -2.28. The van der Waals surface area contributed by atoms with Crippen LogP contribution in [0.5, 0.6) is 17.2 Å². The van der Waals surface area contributed by atoms with Crippen molar-refractivity contribution in [2.45, 2.75) is 11.0 Å². The summed E-state index contributed by atoms with van der Waals surface area (Å²) >= 11 is 0. The van der Waals surface area contributed by atoms with Crippen LogP contribution in [-0.4, -0.2) is 41.4 Å². The van der Waals surface area contributed by atoms with E-state index in [4.69, 9.17) is 14.2 Å². The lowest BCUT2D eigenvalue weighted by molar-refractivity contribution is 0.181. The highest BCUT2D eigenvalue weighted by Gasteiger charge is 2.21. The number of ether oxygens (including phenoxy) is 3. The summed E-state index contributed by atoms with van der Waals surface area (Å²) in [6.07, 6.45) is -1.05. The van der Waals surface area contributed by atoms with Crippen molar-refractivity contribution in [2.24, 2.45) is 0 Å². The highest BCUT2D eigenvalue weighted by molar-refractivity contribution is 7.89. The third kappa shape index (κ3) is 4.41.